The van der Waals surface area contributed by atoms with Crippen molar-refractivity contribution in [3.8, 4) is 11.6 Å². The second-order valence-corrected chi connectivity index (χ2v) is 4.65. The van der Waals surface area contributed by atoms with E-state index in [1.807, 2.05) is 27.0 Å². The van der Waals surface area contributed by atoms with E-state index < -0.39 is 0 Å². The summed E-state index contributed by atoms with van der Waals surface area (Å²) in [6.45, 7) is 4.61. The van der Waals surface area contributed by atoms with E-state index in [0.29, 0.717) is 31.2 Å². The highest BCUT2D eigenvalue weighted by Crippen LogP contribution is 2.18. The monoisotopic (exact) mass is 277 g/mol. The van der Waals surface area contributed by atoms with Gasteiger partial charge in [-0.25, -0.2) is 0 Å². The predicted molar refractivity (Wildman–Crippen MR) is 72.9 cm³/mol. The highest BCUT2D eigenvalue weighted by atomic mass is 16.4. The van der Waals surface area contributed by atoms with E-state index in [-0.39, 0.29) is 5.91 Å². The first-order chi connectivity index (χ1) is 9.60. The van der Waals surface area contributed by atoms with Gasteiger partial charge in [-0.1, -0.05) is 6.92 Å². The zero-order chi connectivity index (χ0) is 14.5. The molecular weight excluding hydrogens is 258 g/mol. The fraction of sp³-hybridized carbons (Fsp3) is 0.538. The number of carbonyl (C=O) groups is 1. The average molecular weight is 277 g/mol. The smallest absolute Gasteiger partial charge is 0.265 e. The number of hydrogen-bond donors (Lipinski definition) is 1. The zero-order valence-electron chi connectivity index (χ0n) is 12.0. The van der Waals surface area contributed by atoms with Crippen molar-refractivity contribution in [1.29, 1.82) is 0 Å². The minimum Gasteiger partial charge on any atom is -0.419 e. The van der Waals surface area contributed by atoms with Gasteiger partial charge in [-0.3, -0.25) is 9.48 Å². The molecule has 0 fully saturated rings. The van der Waals surface area contributed by atoms with Crippen LogP contribution in [0.15, 0.2) is 10.5 Å². The molecule has 2 aromatic rings. The Morgan fingerprint density at radius 3 is 2.90 bits per heavy atom. The van der Waals surface area contributed by atoms with Crippen molar-refractivity contribution in [1.82, 2.24) is 25.3 Å². The van der Waals surface area contributed by atoms with Crippen LogP contribution in [-0.4, -0.2) is 32.4 Å². The Balaban J connectivity index is 1.96. The molecule has 0 spiro atoms. The van der Waals surface area contributed by atoms with Crippen LogP contribution < -0.4 is 5.32 Å². The zero-order valence-corrected chi connectivity index (χ0v) is 12.0. The van der Waals surface area contributed by atoms with Gasteiger partial charge in [-0.2, -0.15) is 5.10 Å². The van der Waals surface area contributed by atoms with Crippen molar-refractivity contribution >= 4 is 5.91 Å². The Kier molecular flexibility index (Phi) is 4.49. The van der Waals surface area contributed by atoms with Crippen molar-refractivity contribution in [2.75, 3.05) is 6.54 Å². The van der Waals surface area contributed by atoms with Crippen molar-refractivity contribution in [2.45, 2.75) is 33.1 Å². The molecule has 7 nitrogen and oxygen atoms in total. The van der Waals surface area contributed by atoms with Gasteiger partial charge in [0.15, 0.2) is 0 Å². The summed E-state index contributed by atoms with van der Waals surface area (Å²) in [5, 5.41) is 15.0. The summed E-state index contributed by atoms with van der Waals surface area (Å²) >= 11 is 0. The Morgan fingerprint density at radius 1 is 1.45 bits per heavy atom. The first-order valence-electron chi connectivity index (χ1n) is 6.70. The molecular formula is C13H19N5O2. The van der Waals surface area contributed by atoms with Gasteiger partial charge in [-0.05, 0) is 19.4 Å². The molecule has 0 atom stereocenters. The quantitative estimate of drug-likeness (QED) is 0.858. The molecule has 2 heterocycles. The van der Waals surface area contributed by atoms with Gasteiger partial charge in [0, 0.05) is 26.4 Å². The Labute approximate surface area is 117 Å². The van der Waals surface area contributed by atoms with Crippen molar-refractivity contribution in [2.24, 2.45) is 7.05 Å². The van der Waals surface area contributed by atoms with Crippen LogP contribution in [0.3, 0.4) is 0 Å². The van der Waals surface area contributed by atoms with E-state index in [1.54, 1.807) is 4.68 Å². The van der Waals surface area contributed by atoms with Crippen molar-refractivity contribution in [3.05, 3.63) is 17.7 Å². The van der Waals surface area contributed by atoms with E-state index in [4.69, 9.17) is 4.42 Å². The van der Waals surface area contributed by atoms with Crippen LogP contribution in [0, 0.1) is 6.92 Å². The number of amides is 1. The van der Waals surface area contributed by atoms with Crippen LogP contribution in [0.4, 0.5) is 0 Å². The summed E-state index contributed by atoms with van der Waals surface area (Å²) in [6.07, 6.45) is 1.72. The molecule has 0 bridgehead atoms. The van der Waals surface area contributed by atoms with Gasteiger partial charge in [0.25, 0.3) is 5.89 Å². The van der Waals surface area contributed by atoms with Gasteiger partial charge in [0.05, 0.1) is 5.69 Å². The highest BCUT2D eigenvalue weighted by Gasteiger charge is 2.13. The number of rotatable bonds is 6. The van der Waals surface area contributed by atoms with Gasteiger partial charge in [-0.15, -0.1) is 10.2 Å². The number of carbonyl (C=O) groups excluding carboxylic acids is 1. The minimum atomic E-state index is 0.00276. The first-order valence-corrected chi connectivity index (χ1v) is 6.70. The largest absolute Gasteiger partial charge is 0.419 e. The third-order valence-electron chi connectivity index (χ3n) is 2.83. The predicted octanol–water partition coefficient (Wildman–Crippen LogP) is 1.24. The number of nitrogens with zero attached hydrogens (tertiary/aromatic N) is 4. The van der Waals surface area contributed by atoms with E-state index >= 15 is 0 Å². The topological polar surface area (TPSA) is 85.8 Å². The maximum atomic E-state index is 11.5. The molecule has 0 aliphatic carbocycles. The molecule has 0 unspecified atom stereocenters. The molecule has 0 saturated carbocycles. The minimum absolute atomic E-state index is 0.00276. The third-order valence-corrected chi connectivity index (χ3v) is 2.83. The molecule has 20 heavy (non-hydrogen) atoms. The fourth-order valence-electron chi connectivity index (χ4n) is 1.84. The molecule has 0 aliphatic heterocycles. The lowest BCUT2D eigenvalue weighted by atomic mass is 10.3. The molecule has 108 valence electrons. The molecule has 0 aromatic carbocycles. The number of nitrogens with one attached hydrogen (secondary N) is 1. The Morgan fingerprint density at radius 2 is 2.25 bits per heavy atom. The molecule has 2 aromatic heterocycles. The summed E-state index contributed by atoms with van der Waals surface area (Å²) < 4.78 is 7.25. The van der Waals surface area contributed by atoms with E-state index in [2.05, 4.69) is 20.6 Å². The van der Waals surface area contributed by atoms with Crippen LogP contribution in [0.25, 0.3) is 11.6 Å². The van der Waals surface area contributed by atoms with Crippen LogP contribution in [0.2, 0.25) is 0 Å². The average Bonchev–Trinajstić information content (AvgIpc) is 3.00. The summed E-state index contributed by atoms with van der Waals surface area (Å²) in [5.41, 5.74) is 1.66. The lowest BCUT2D eigenvalue weighted by molar-refractivity contribution is -0.121. The number of aryl methyl sites for hydroxylation is 3. The molecule has 2 rings (SSSR count). The normalized spacial score (nSPS) is 10.8. The van der Waals surface area contributed by atoms with Gasteiger partial charge in [0.2, 0.25) is 11.8 Å². The Bertz CT molecular complexity index is 587. The van der Waals surface area contributed by atoms with Crippen molar-refractivity contribution in [3.63, 3.8) is 0 Å². The van der Waals surface area contributed by atoms with Gasteiger partial charge >= 0.3 is 0 Å². The Hall–Kier alpha value is -2.18. The summed E-state index contributed by atoms with van der Waals surface area (Å²) in [6, 6.07) is 1.88. The SMILES string of the molecule is CCCNC(=O)CCc1nnc(-c2cc(C)nn2C)o1. The first kappa shape index (κ1) is 14.2. The molecule has 1 amide bonds. The lowest BCUT2D eigenvalue weighted by Crippen LogP contribution is -2.24. The van der Waals surface area contributed by atoms with Crippen LogP contribution >= 0.6 is 0 Å². The molecule has 1 N–H and O–H groups in total. The number of hydrogen-bond acceptors (Lipinski definition) is 5. The van der Waals surface area contributed by atoms with Crippen molar-refractivity contribution < 1.29 is 9.21 Å². The van der Waals surface area contributed by atoms with E-state index in [9.17, 15) is 4.79 Å². The third kappa shape index (κ3) is 3.43. The highest BCUT2D eigenvalue weighted by molar-refractivity contribution is 5.75. The maximum Gasteiger partial charge on any atom is 0.265 e. The lowest BCUT2D eigenvalue weighted by Gasteiger charge is -2.00. The maximum absolute atomic E-state index is 11.5. The summed E-state index contributed by atoms with van der Waals surface area (Å²) in [4.78, 5) is 11.5. The second-order valence-electron chi connectivity index (χ2n) is 4.65. The van der Waals surface area contributed by atoms with E-state index in [1.165, 1.54) is 0 Å². The second kappa shape index (κ2) is 6.31. The molecule has 7 heteroatoms. The standard InChI is InChI=1S/C13H19N5O2/c1-4-7-14-11(19)5-6-12-15-16-13(20-12)10-8-9(2)17-18(10)3/h8H,4-7H2,1-3H3,(H,14,19). The summed E-state index contributed by atoms with van der Waals surface area (Å²) in [5.74, 6) is 0.894. The molecule has 0 radical (unpaired) electrons. The molecule has 0 saturated heterocycles. The van der Waals surface area contributed by atoms with Gasteiger partial charge in [0.1, 0.15) is 5.69 Å². The fourth-order valence-corrected chi connectivity index (χ4v) is 1.84. The summed E-state index contributed by atoms with van der Waals surface area (Å²) in [7, 11) is 1.82. The van der Waals surface area contributed by atoms with Gasteiger partial charge < -0.3 is 9.73 Å². The van der Waals surface area contributed by atoms with Crippen LogP contribution in [0.1, 0.15) is 31.4 Å². The number of aromatic nitrogens is 4. The van der Waals surface area contributed by atoms with E-state index in [0.717, 1.165) is 17.8 Å². The van der Waals surface area contributed by atoms with Crippen LogP contribution in [-0.2, 0) is 18.3 Å². The van der Waals surface area contributed by atoms with Crippen LogP contribution in [0.5, 0.6) is 0 Å². The molecule has 0 aliphatic rings.